The van der Waals surface area contributed by atoms with Gasteiger partial charge in [-0.2, -0.15) is 0 Å². The average Bonchev–Trinajstić information content (AvgIpc) is 2.83. The molecule has 19 heavy (non-hydrogen) atoms. The first-order valence-electron chi connectivity index (χ1n) is 6.86. The van der Waals surface area contributed by atoms with Gasteiger partial charge in [-0.1, -0.05) is 38.3 Å². The van der Waals surface area contributed by atoms with Crippen LogP contribution >= 0.6 is 22.9 Å². The van der Waals surface area contributed by atoms with Gasteiger partial charge in [0.25, 0.3) is 0 Å². The molecule has 1 atom stereocenters. The average molecular weight is 295 g/mol. The molecule has 1 saturated carbocycles. The molecule has 1 fully saturated rings. The molecule has 1 aromatic heterocycles. The van der Waals surface area contributed by atoms with Crippen LogP contribution in [0.2, 0.25) is 5.02 Å². The topological polar surface area (TPSA) is 24.9 Å². The molecule has 1 unspecified atom stereocenters. The number of nitrogens with zero attached hydrogens (tertiary/aromatic N) is 1. The van der Waals surface area contributed by atoms with Crippen LogP contribution in [-0.2, 0) is 0 Å². The van der Waals surface area contributed by atoms with Gasteiger partial charge in [-0.25, -0.2) is 4.98 Å². The molecule has 1 N–H and O–H groups in total. The first-order chi connectivity index (χ1) is 9.08. The lowest BCUT2D eigenvalue weighted by atomic mass is 9.73. The summed E-state index contributed by atoms with van der Waals surface area (Å²) < 4.78 is 1.19. The highest BCUT2D eigenvalue weighted by Gasteiger charge is 2.32. The van der Waals surface area contributed by atoms with Gasteiger partial charge >= 0.3 is 0 Å². The number of fused-ring (bicyclic) bond motifs is 1. The normalized spacial score (nSPS) is 22.6. The van der Waals surface area contributed by atoms with Crippen LogP contribution in [0.3, 0.4) is 0 Å². The molecule has 1 aliphatic carbocycles. The van der Waals surface area contributed by atoms with E-state index in [1.807, 2.05) is 17.6 Å². The minimum absolute atomic E-state index is 0.319. The van der Waals surface area contributed by atoms with E-state index in [0.29, 0.717) is 11.5 Å². The molecule has 0 amide bonds. The van der Waals surface area contributed by atoms with E-state index in [0.717, 1.165) is 16.2 Å². The van der Waals surface area contributed by atoms with E-state index in [9.17, 15) is 0 Å². The summed E-state index contributed by atoms with van der Waals surface area (Å²) in [7, 11) is 0. The maximum absolute atomic E-state index is 6.37. The van der Waals surface area contributed by atoms with Crippen LogP contribution in [0.1, 0.15) is 39.5 Å². The van der Waals surface area contributed by atoms with Crippen molar-refractivity contribution in [2.75, 3.05) is 5.32 Å². The van der Waals surface area contributed by atoms with Crippen molar-refractivity contribution in [3.8, 4) is 0 Å². The molecule has 1 aliphatic rings. The molecule has 3 rings (SSSR count). The zero-order valence-electron chi connectivity index (χ0n) is 11.4. The van der Waals surface area contributed by atoms with Crippen LogP contribution in [-0.4, -0.2) is 11.0 Å². The fraction of sp³-hybridized carbons (Fsp3) is 0.533. The summed E-state index contributed by atoms with van der Waals surface area (Å²) in [6.45, 7) is 4.69. The lowest BCUT2D eigenvalue weighted by Crippen LogP contribution is -2.39. The molecule has 2 aromatic rings. The van der Waals surface area contributed by atoms with Crippen molar-refractivity contribution in [1.82, 2.24) is 4.98 Å². The maximum atomic E-state index is 6.37. The van der Waals surface area contributed by atoms with Crippen LogP contribution in [0.15, 0.2) is 17.6 Å². The van der Waals surface area contributed by atoms with Crippen LogP contribution in [0.5, 0.6) is 0 Å². The molecule has 4 heteroatoms. The molecule has 0 spiro atoms. The minimum atomic E-state index is 0.319. The van der Waals surface area contributed by atoms with Crippen molar-refractivity contribution >= 4 is 38.8 Å². The Balaban J connectivity index is 1.96. The van der Waals surface area contributed by atoms with Gasteiger partial charge in [-0.3, -0.25) is 0 Å². The van der Waals surface area contributed by atoms with Gasteiger partial charge in [0.1, 0.15) is 5.52 Å². The van der Waals surface area contributed by atoms with Crippen molar-refractivity contribution in [1.29, 1.82) is 0 Å². The van der Waals surface area contributed by atoms with Gasteiger partial charge in [0, 0.05) is 6.04 Å². The van der Waals surface area contributed by atoms with E-state index in [2.05, 4.69) is 24.1 Å². The number of anilines is 1. The second kappa shape index (κ2) is 4.95. The fourth-order valence-electron chi connectivity index (χ4n) is 2.98. The lowest BCUT2D eigenvalue weighted by Gasteiger charge is -2.39. The van der Waals surface area contributed by atoms with E-state index < -0.39 is 0 Å². The van der Waals surface area contributed by atoms with E-state index in [4.69, 9.17) is 11.6 Å². The third-order valence-corrected chi connectivity index (χ3v) is 5.39. The van der Waals surface area contributed by atoms with Gasteiger partial charge < -0.3 is 5.32 Å². The van der Waals surface area contributed by atoms with Gasteiger partial charge in [0.2, 0.25) is 0 Å². The summed E-state index contributed by atoms with van der Waals surface area (Å²) >= 11 is 8.04. The van der Waals surface area contributed by atoms with Crippen molar-refractivity contribution in [2.24, 2.45) is 5.41 Å². The molecule has 0 radical (unpaired) electrons. The molecule has 2 nitrogen and oxygen atoms in total. The molecule has 0 aliphatic heterocycles. The van der Waals surface area contributed by atoms with Crippen molar-refractivity contribution in [2.45, 2.75) is 45.6 Å². The third kappa shape index (κ3) is 2.46. The Labute approximate surface area is 123 Å². The number of nitrogens with one attached hydrogen (secondary N) is 1. The van der Waals surface area contributed by atoms with Crippen molar-refractivity contribution in [3.63, 3.8) is 0 Å². The predicted octanol–water partition coefficient (Wildman–Crippen LogP) is 5.33. The number of aromatic nitrogens is 1. The summed E-state index contributed by atoms with van der Waals surface area (Å²) in [6, 6.07) is 4.50. The highest BCUT2D eigenvalue weighted by molar-refractivity contribution is 7.16. The Morgan fingerprint density at radius 3 is 3.00 bits per heavy atom. The van der Waals surface area contributed by atoms with E-state index in [-0.39, 0.29) is 0 Å². The summed E-state index contributed by atoms with van der Waals surface area (Å²) in [4.78, 5) is 4.46. The third-order valence-electron chi connectivity index (χ3n) is 4.28. The Morgan fingerprint density at radius 1 is 1.37 bits per heavy atom. The fourth-order valence-corrected chi connectivity index (χ4v) is 3.87. The second-order valence-electron chi connectivity index (χ2n) is 6.05. The van der Waals surface area contributed by atoms with Gasteiger partial charge in [-0.15, -0.1) is 11.3 Å². The molecule has 1 aromatic carbocycles. The quantitative estimate of drug-likeness (QED) is 0.809. The number of hydrogen-bond acceptors (Lipinski definition) is 3. The Morgan fingerprint density at radius 2 is 2.21 bits per heavy atom. The van der Waals surface area contributed by atoms with Gasteiger partial charge in [0.05, 0.1) is 20.9 Å². The molecule has 0 saturated heterocycles. The first kappa shape index (κ1) is 13.2. The van der Waals surface area contributed by atoms with Gasteiger partial charge in [-0.05, 0) is 30.4 Å². The van der Waals surface area contributed by atoms with E-state index in [1.165, 1.54) is 30.4 Å². The second-order valence-corrected chi connectivity index (χ2v) is 7.35. The summed E-state index contributed by atoms with van der Waals surface area (Å²) in [5.74, 6) is 0. The molecule has 0 bridgehead atoms. The van der Waals surface area contributed by atoms with Crippen LogP contribution < -0.4 is 5.32 Å². The number of benzene rings is 1. The van der Waals surface area contributed by atoms with Crippen LogP contribution in [0.4, 0.5) is 5.69 Å². The molecular weight excluding hydrogens is 276 g/mol. The number of halogens is 1. The first-order valence-corrected chi connectivity index (χ1v) is 8.12. The molecular formula is C15H19ClN2S. The number of hydrogen-bond donors (Lipinski definition) is 1. The Kier molecular flexibility index (Phi) is 3.44. The minimum Gasteiger partial charge on any atom is -0.379 e. The summed E-state index contributed by atoms with van der Waals surface area (Å²) in [5, 5.41) is 4.46. The summed E-state index contributed by atoms with van der Waals surface area (Å²) in [5.41, 5.74) is 4.23. The van der Waals surface area contributed by atoms with E-state index >= 15 is 0 Å². The smallest absolute Gasteiger partial charge is 0.106 e. The lowest BCUT2D eigenvalue weighted by molar-refractivity contribution is 0.217. The largest absolute Gasteiger partial charge is 0.379 e. The summed E-state index contributed by atoms with van der Waals surface area (Å²) in [6.07, 6.45) is 5.12. The van der Waals surface area contributed by atoms with Crippen LogP contribution in [0, 0.1) is 5.41 Å². The Bertz CT molecular complexity index is 591. The van der Waals surface area contributed by atoms with Crippen molar-refractivity contribution < 1.29 is 0 Å². The van der Waals surface area contributed by atoms with E-state index in [1.54, 1.807) is 11.3 Å². The number of thiazole rings is 1. The molecule has 1 heterocycles. The highest BCUT2D eigenvalue weighted by Crippen LogP contribution is 2.40. The monoisotopic (exact) mass is 294 g/mol. The zero-order valence-corrected chi connectivity index (χ0v) is 12.9. The maximum Gasteiger partial charge on any atom is 0.106 e. The zero-order chi connectivity index (χ0) is 13.5. The number of rotatable bonds is 2. The Hall–Kier alpha value is -0.800. The standard InChI is InChI=1S/C15H19ClN2S/c1-15(2)8-4-3-5-12(15)18-13-10(16)6-7-11-14(13)17-9-19-11/h6-7,9,12,18H,3-5,8H2,1-2H3. The SMILES string of the molecule is CC1(C)CCCCC1Nc1c(Cl)ccc2scnc12. The van der Waals surface area contributed by atoms with Gasteiger partial charge in [0.15, 0.2) is 0 Å². The highest BCUT2D eigenvalue weighted by atomic mass is 35.5. The van der Waals surface area contributed by atoms with Crippen molar-refractivity contribution in [3.05, 3.63) is 22.7 Å². The molecule has 102 valence electrons. The van der Waals surface area contributed by atoms with Crippen LogP contribution in [0.25, 0.3) is 10.2 Å². The predicted molar refractivity (Wildman–Crippen MR) is 84.3 cm³/mol.